The lowest BCUT2D eigenvalue weighted by Crippen LogP contribution is -2.49. The third kappa shape index (κ3) is 2.41. The summed E-state index contributed by atoms with van der Waals surface area (Å²) in [5, 5.41) is 3.46. The largest absolute Gasteiger partial charge is 0.327 e. The summed E-state index contributed by atoms with van der Waals surface area (Å²) in [5.41, 5.74) is 2.13. The molecule has 2 aliphatic rings. The normalized spacial score (nSPS) is 24.2. The minimum absolute atomic E-state index is 0.0861. The van der Waals surface area contributed by atoms with Crippen LogP contribution in [0.1, 0.15) is 38.3 Å². The number of ketones is 1. The number of hydrogen-bond acceptors (Lipinski definition) is 2. The summed E-state index contributed by atoms with van der Waals surface area (Å²) in [4.78, 5) is 26.6. The third-order valence-corrected chi connectivity index (χ3v) is 4.72. The van der Waals surface area contributed by atoms with Gasteiger partial charge in [-0.3, -0.25) is 4.79 Å². The van der Waals surface area contributed by atoms with Crippen LogP contribution in [0, 0.1) is 5.41 Å². The molecule has 1 aromatic rings. The van der Waals surface area contributed by atoms with Crippen molar-refractivity contribution in [3.63, 3.8) is 0 Å². The highest BCUT2D eigenvalue weighted by atomic mass is 35.5. The van der Waals surface area contributed by atoms with Crippen LogP contribution in [0.5, 0.6) is 0 Å². The Balaban J connectivity index is 2.16. The standard InChI is InChI=1S/C17H19ClN2O2/c1-17(2)8-12-14(13(21)9-17)15(19-16(22)20(12)3)10-6-4-5-7-11(10)18/h4-7,15H,8-9H2,1-3H3,(H,19,22)/t15-/m0/s1. The van der Waals surface area contributed by atoms with E-state index in [2.05, 4.69) is 19.2 Å². The van der Waals surface area contributed by atoms with E-state index in [-0.39, 0.29) is 17.2 Å². The lowest BCUT2D eigenvalue weighted by molar-refractivity contribution is -0.118. The molecule has 1 N–H and O–H groups in total. The predicted octanol–water partition coefficient (Wildman–Crippen LogP) is 3.68. The van der Waals surface area contributed by atoms with Crippen LogP contribution in [-0.2, 0) is 4.79 Å². The summed E-state index contributed by atoms with van der Waals surface area (Å²) in [6, 6.07) is 6.67. The fourth-order valence-electron chi connectivity index (χ4n) is 3.29. The first-order valence-corrected chi connectivity index (χ1v) is 7.73. The van der Waals surface area contributed by atoms with Gasteiger partial charge in [-0.05, 0) is 23.5 Å². The molecule has 0 aromatic heterocycles. The van der Waals surface area contributed by atoms with Gasteiger partial charge in [-0.15, -0.1) is 0 Å². The summed E-state index contributed by atoms with van der Waals surface area (Å²) in [6.07, 6.45) is 1.19. The van der Waals surface area contributed by atoms with Gasteiger partial charge in [-0.2, -0.15) is 0 Å². The van der Waals surface area contributed by atoms with Gasteiger partial charge < -0.3 is 10.2 Å². The van der Waals surface area contributed by atoms with Gasteiger partial charge in [0.25, 0.3) is 0 Å². The van der Waals surface area contributed by atoms with Crippen molar-refractivity contribution >= 4 is 23.4 Å². The fourth-order valence-corrected chi connectivity index (χ4v) is 3.53. The van der Waals surface area contributed by atoms with Gasteiger partial charge in [0.05, 0.1) is 6.04 Å². The number of nitrogens with one attached hydrogen (secondary N) is 1. The van der Waals surface area contributed by atoms with Gasteiger partial charge in [0.1, 0.15) is 0 Å². The predicted molar refractivity (Wildman–Crippen MR) is 85.5 cm³/mol. The Kier molecular flexibility index (Phi) is 3.52. The van der Waals surface area contributed by atoms with Crippen molar-refractivity contribution < 1.29 is 9.59 Å². The Morgan fingerprint density at radius 2 is 1.91 bits per heavy atom. The van der Waals surface area contributed by atoms with Gasteiger partial charge in [0.15, 0.2) is 5.78 Å². The van der Waals surface area contributed by atoms with Gasteiger partial charge in [-0.25, -0.2) is 4.79 Å². The Morgan fingerprint density at radius 3 is 2.59 bits per heavy atom. The van der Waals surface area contributed by atoms with Crippen LogP contribution >= 0.6 is 11.6 Å². The molecule has 1 atom stereocenters. The summed E-state index contributed by atoms with van der Waals surface area (Å²) in [7, 11) is 1.71. The van der Waals surface area contributed by atoms with E-state index >= 15 is 0 Å². The minimum Gasteiger partial charge on any atom is -0.327 e. The molecule has 4 nitrogen and oxygen atoms in total. The molecule has 3 rings (SSSR count). The number of hydrogen-bond donors (Lipinski definition) is 1. The zero-order valence-electron chi connectivity index (χ0n) is 12.9. The summed E-state index contributed by atoms with van der Waals surface area (Å²) >= 11 is 6.28. The van der Waals surface area contributed by atoms with E-state index in [4.69, 9.17) is 11.6 Å². The van der Waals surface area contributed by atoms with Crippen molar-refractivity contribution in [2.45, 2.75) is 32.7 Å². The fraction of sp³-hybridized carbons (Fsp3) is 0.412. The van der Waals surface area contributed by atoms with Gasteiger partial charge in [0, 0.05) is 29.8 Å². The molecule has 1 aliphatic heterocycles. The summed E-state index contributed by atoms with van der Waals surface area (Å²) in [6.45, 7) is 4.11. The highest BCUT2D eigenvalue weighted by Crippen LogP contribution is 2.44. The van der Waals surface area contributed by atoms with Crippen LogP contribution in [0.4, 0.5) is 4.79 Å². The summed E-state index contributed by atoms with van der Waals surface area (Å²) in [5.74, 6) is 0.0861. The van der Waals surface area contributed by atoms with E-state index < -0.39 is 6.04 Å². The number of carbonyl (C=O) groups excluding carboxylic acids is 2. The maximum atomic E-state index is 12.7. The second-order valence-electron chi connectivity index (χ2n) is 6.76. The highest BCUT2D eigenvalue weighted by molar-refractivity contribution is 6.31. The number of rotatable bonds is 1. The highest BCUT2D eigenvalue weighted by Gasteiger charge is 2.42. The monoisotopic (exact) mass is 318 g/mol. The quantitative estimate of drug-likeness (QED) is 0.858. The number of amides is 2. The molecular weight excluding hydrogens is 300 g/mol. The van der Waals surface area contributed by atoms with Crippen LogP contribution < -0.4 is 5.32 Å². The molecule has 1 heterocycles. The number of Topliss-reactive ketones (excluding diaryl/α,β-unsaturated/α-hetero) is 1. The van der Waals surface area contributed by atoms with Crippen molar-refractivity contribution in [2.24, 2.45) is 5.41 Å². The van der Waals surface area contributed by atoms with Crippen molar-refractivity contribution in [2.75, 3.05) is 7.05 Å². The van der Waals surface area contributed by atoms with Crippen molar-refractivity contribution in [3.05, 3.63) is 46.1 Å². The van der Waals surface area contributed by atoms with Crippen LogP contribution in [0.25, 0.3) is 0 Å². The van der Waals surface area contributed by atoms with Crippen LogP contribution in [-0.4, -0.2) is 23.8 Å². The molecule has 2 amide bonds. The molecule has 116 valence electrons. The number of urea groups is 1. The molecular formula is C17H19ClN2O2. The minimum atomic E-state index is -0.462. The lowest BCUT2D eigenvalue weighted by Gasteiger charge is -2.42. The first-order chi connectivity index (χ1) is 10.3. The smallest absolute Gasteiger partial charge is 0.322 e. The van der Waals surface area contributed by atoms with E-state index in [9.17, 15) is 9.59 Å². The van der Waals surface area contributed by atoms with Crippen LogP contribution in [0.15, 0.2) is 35.5 Å². The van der Waals surface area contributed by atoms with E-state index in [1.54, 1.807) is 18.0 Å². The third-order valence-electron chi connectivity index (χ3n) is 4.38. The van der Waals surface area contributed by atoms with E-state index in [1.165, 1.54) is 0 Å². The second kappa shape index (κ2) is 5.13. The maximum Gasteiger partial charge on any atom is 0.322 e. The number of carbonyl (C=O) groups is 2. The molecule has 5 heteroatoms. The molecule has 0 bridgehead atoms. The first kappa shape index (κ1) is 15.1. The van der Waals surface area contributed by atoms with Crippen LogP contribution in [0.2, 0.25) is 5.02 Å². The maximum absolute atomic E-state index is 12.7. The van der Waals surface area contributed by atoms with Gasteiger partial charge in [-0.1, -0.05) is 43.6 Å². The number of benzene rings is 1. The Labute approximate surface area is 135 Å². The molecule has 0 saturated heterocycles. The first-order valence-electron chi connectivity index (χ1n) is 7.35. The molecule has 0 fully saturated rings. The van der Waals surface area contributed by atoms with Crippen molar-refractivity contribution in [1.29, 1.82) is 0 Å². The molecule has 22 heavy (non-hydrogen) atoms. The lowest BCUT2D eigenvalue weighted by atomic mass is 9.72. The van der Waals surface area contributed by atoms with E-state index in [0.717, 1.165) is 11.3 Å². The Morgan fingerprint density at radius 1 is 1.23 bits per heavy atom. The molecule has 1 aromatic carbocycles. The SMILES string of the molecule is CN1C(=O)N[C@@H](c2ccccc2Cl)C2=C1CC(C)(C)CC2=O. The van der Waals surface area contributed by atoms with Crippen molar-refractivity contribution in [3.8, 4) is 0 Å². The van der Waals surface area contributed by atoms with Gasteiger partial charge >= 0.3 is 6.03 Å². The molecule has 0 unspecified atom stereocenters. The molecule has 1 aliphatic carbocycles. The molecule has 0 radical (unpaired) electrons. The van der Waals surface area contributed by atoms with Crippen molar-refractivity contribution in [1.82, 2.24) is 10.2 Å². The Bertz CT molecular complexity index is 694. The number of allylic oxidation sites excluding steroid dienone is 1. The number of halogens is 1. The second-order valence-corrected chi connectivity index (χ2v) is 7.17. The van der Waals surface area contributed by atoms with E-state index in [0.29, 0.717) is 23.4 Å². The average Bonchev–Trinajstić information content (AvgIpc) is 2.42. The topological polar surface area (TPSA) is 49.4 Å². The summed E-state index contributed by atoms with van der Waals surface area (Å²) < 4.78 is 0. The van der Waals surface area contributed by atoms with E-state index in [1.807, 2.05) is 18.2 Å². The average molecular weight is 319 g/mol. The number of nitrogens with zero attached hydrogens (tertiary/aromatic N) is 1. The molecule has 0 spiro atoms. The zero-order valence-corrected chi connectivity index (χ0v) is 13.7. The van der Waals surface area contributed by atoms with Gasteiger partial charge in [0.2, 0.25) is 0 Å². The van der Waals surface area contributed by atoms with Crippen LogP contribution in [0.3, 0.4) is 0 Å². The molecule has 0 saturated carbocycles. The Hall–Kier alpha value is -1.81. The zero-order chi connectivity index (χ0) is 16.1.